The molecule has 0 fully saturated rings. The summed E-state index contributed by atoms with van der Waals surface area (Å²) in [6.07, 6.45) is 1.48. The number of ether oxygens (including phenoxy) is 1. The molecule has 4 aromatic rings. The number of hydrogen-bond donors (Lipinski definition) is 2. The zero-order valence-electron chi connectivity index (χ0n) is 14.9. The highest BCUT2D eigenvalue weighted by atomic mass is 16.5. The average Bonchev–Trinajstić information content (AvgIpc) is 3.02. The fraction of sp³-hybridized carbons (Fsp3) is 0.158. The van der Waals surface area contributed by atoms with Gasteiger partial charge in [0.2, 0.25) is 0 Å². The van der Waals surface area contributed by atoms with Crippen molar-refractivity contribution in [2.45, 2.75) is 13.5 Å². The third-order valence-electron chi connectivity index (χ3n) is 4.30. The third kappa shape index (κ3) is 3.01. The van der Waals surface area contributed by atoms with Crippen LogP contribution in [0, 0.1) is 0 Å². The number of anilines is 1. The number of nitrogens with zero attached hydrogens (tertiary/aromatic N) is 5. The topological polar surface area (TPSA) is 97.5 Å². The van der Waals surface area contributed by atoms with Gasteiger partial charge in [0.1, 0.15) is 17.0 Å². The van der Waals surface area contributed by atoms with Gasteiger partial charge in [0.25, 0.3) is 5.95 Å². The van der Waals surface area contributed by atoms with Crippen molar-refractivity contribution >= 4 is 34.2 Å². The molecule has 0 unspecified atom stereocenters. The minimum atomic E-state index is 0.0699. The molecule has 0 aliphatic heterocycles. The number of aromatic nitrogens is 4. The fourth-order valence-corrected chi connectivity index (χ4v) is 2.99. The van der Waals surface area contributed by atoms with E-state index in [1.807, 2.05) is 24.3 Å². The molecule has 0 saturated heterocycles. The maximum Gasteiger partial charge on any atom is 0.265 e. The minimum Gasteiger partial charge on any atom is -0.507 e. The number of phenols is 1. The van der Waals surface area contributed by atoms with Crippen LogP contribution in [-0.2, 0) is 6.54 Å². The highest BCUT2D eigenvalue weighted by Crippen LogP contribution is 2.26. The van der Waals surface area contributed by atoms with Crippen molar-refractivity contribution in [2.75, 3.05) is 12.5 Å². The van der Waals surface area contributed by atoms with Crippen molar-refractivity contribution < 1.29 is 9.84 Å². The zero-order chi connectivity index (χ0) is 18.8. The molecule has 0 atom stereocenters. The molecule has 27 heavy (non-hydrogen) atoms. The van der Waals surface area contributed by atoms with Gasteiger partial charge in [0.15, 0.2) is 5.65 Å². The molecule has 2 aromatic heterocycles. The molecule has 2 N–H and O–H groups in total. The van der Waals surface area contributed by atoms with Gasteiger partial charge in [-0.15, -0.1) is 10.2 Å². The van der Waals surface area contributed by atoms with E-state index in [9.17, 15) is 5.11 Å². The van der Waals surface area contributed by atoms with Gasteiger partial charge in [-0.2, -0.15) is 10.1 Å². The maximum atomic E-state index is 9.96. The highest BCUT2D eigenvalue weighted by molar-refractivity contribution is 6.04. The highest BCUT2D eigenvalue weighted by Gasteiger charge is 2.13. The summed E-state index contributed by atoms with van der Waals surface area (Å²) in [5.74, 6) is 0.924. The van der Waals surface area contributed by atoms with Gasteiger partial charge in [-0.05, 0) is 25.1 Å². The number of benzene rings is 2. The van der Waals surface area contributed by atoms with Crippen LogP contribution in [0.1, 0.15) is 12.5 Å². The summed E-state index contributed by atoms with van der Waals surface area (Å²) < 4.78 is 7.15. The summed E-state index contributed by atoms with van der Waals surface area (Å²) in [5.41, 5.74) is 5.89. The van der Waals surface area contributed by atoms with Crippen LogP contribution >= 0.6 is 0 Å². The van der Waals surface area contributed by atoms with Gasteiger partial charge in [-0.25, -0.2) is 5.43 Å². The quantitative estimate of drug-likeness (QED) is 0.418. The fourth-order valence-electron chi connectivity index (χ4n) is 2.99. The molecule has 8 heteroatoms. The summed E-state index contributed by atoms with van der Waals surface area (Å²) in [5, 5.41) is 23.5. The maximum absolute atomic E-state index is 9.96. The van der Waals surface area contributed by atoms with Crippen molar-refractivity contribution in [3.8, 4) is 11.5 Å². The van der Waals surface area contributed by atoms with Gasteiger partial charge >= 0.3 is 0 Å². The first-order chi connectivity index (χ1) is 13.2. The van der Waals surface area contributed by atoms with E-state index in [-0.39, 0.29) is 11.7 Å². The lowest BCUT2D eigenvalue weighted by Gasteiger charge is -2.03. The molecule has 0 aliphatic carbocycles. The van der Waals surface area contributed by atoms with Crippen LogP contribution in [-0.4, -0.2) is 38.2 Å². The first-order valence-corrected chi connectivity index (χ1v) is 8.49. The van der Waals surface area contributed by atoms with Gasteiger partial charge in [0, 0.05) is 23.6 Å². The molecule has 0 saturated carbocycles. The summed E-state index contributed by atoms with van der Waals surface area (Å²) >= 11 is 0. The van der Waals surface area contributed by atoms with Gasteiger partial charge < -0.3 is 14.4 Å². The molecule has 136 valence electrons. The number of aryl methyl sites for hydroxylation is 1. The van der Waals surface area contributed by atoms with Crippen LogP contribution in [0.3, 0.4) is 0 Å². The first-order valence-electron chi connectivity index (χ1n) is 8.49. The van der Waals surface area contributed by atoms with E-state index in [2.05, 4.69) is 37.2 Å². The van der Waals surface area contributed by atoms with Crippen molar-refractivity contribution in [1.29, 1.82) is 0 Å². The largest absolute Gasteiger partial charge is 0.507 e. The number of fused-ring (bicyclic) bond motifs is 3. The number of hydrogen-bond acceptors (Lipinski definition) is 7. The standard InChI is InChI=1S/C19H18N6O2/c1-3-25-15-7-5-4-6-14(15)17-18(25)21-19(24-22-17)23-20-11-12-8-9-13(27-2)10-16(12)26/h4-11,26H,3H2,1-2H3,(H,21,23,24)/b20-11-. The van der Waals surface area contributed by atoms with Crippen LogP contribution in [0.15, 0.2) is 47.6 Å². The van der Waals surface area contributed by atoms with Gasteiger partial charge in [0.05, 0.1) is 18.8 Å². The Hall–Kier alpha value is -3.68. The first kappa shape index (κ1) is 16.8. The molecule has 0 bridgehead atoms. The number of aromatic hydroxyl groups is 1. The molecule has 0 amide bonds. The third-order valence-corrected chi connectivity index (χ3v) is 4.30. The molecule has 2 aromatic carbocycles. The molecular weight excluding hydrogens is 344 g/mol. The molecule has 2 heterocycles. The van der Waals surface area contributed by atoms with Crippen molar-refractivity contribution in [2.24, 2.45) is 5.10 Å². The van der Waals surface area contributed by atoms with Crippen LogP contribution in [0.25, 0.3) is 22.1 Å². The Labute approximate surface area is 155 Å². The number of nitrogens with one attached hydrogen (secondary N) is 1. The van der Waals surface area contributed by atoms with Crippen LogP contribution < -0.4 is 10.2 Å². The second kappa shape index (κ2) is 6.91. The zero-order valence-corrected chi connectivity index (χ0v) is 14.9. The molecule has 8 nitrogen and oxygen atoms in total. The Morgan fingerprint density at radius 2 is 2.07 bits per heavy atom. The van der Waals surface area contributed by atoms with E-state index in [0.29, 0.717) is 11.3 Å². The number of para-hydroxylation sites is 1. The second-order valence-electron chi connectivity index (χ2n) is 5.86. The van der Waals surface area contributed by atoms with Crippen LogP contribution in [0.4, 0.5) is 5.95 Å². The predicted molar refractivity (Wildman–Crippen MR) is 104 cm³/mol. The Kier molecular flexibility index (Phi) is 4.29. The monoisotopic (exact) mass is 362 g/mol. The molecule has 0 radical (unpaired) electrons. The van der Waals surface area contributed by atoms with Crippen molar-refractivity contribution in [1.82, 2.24) is 19.7 Å². The molecule has 4 rings (SSSR count). The van der Waals surface area contributed by atoms with E-state index in [1.54, 1.807) is 19.2 Å². The Balaban J connectivity index is 1.64. The molecule has 0 spiro atoms. The molecular formula is C19H18N6O2. The number of hydrazone groups is 1. The lowest BCUT2D eigenvalue weighted by Crippen LogP contribution is -2.02. The Morgan fingerprint density at radius 3 is 2.85 bits per heavy atom. The normalized spacial score (nSPS) is 11.5. The SMILES string of the molecule is CCn1c2ccccc2c2nnc(N/N=C\c3ccc(OC)cc3O)nc21. The lowest BCUT2D eigenvalue weighted by atomic mass is 10.2. The van der Waals surface area contributed by atoms with Gasteiger partial charge in [-0.1, -0.05) is 18.2 Å². The van der Waals surface area contributed by atoms with E-state index >= 15 is 0 Å². The average molecular weight is 362 g/mol. The van der Waals surface area contributed by atoms with E-state index in [0.717, 1.165) is 28.6 Å². The van der Waals surface area contributed by atoms with Gasteiger partial charge in [-0.3, -0.25) is 0 Å². The summed E-state index contributed by atoms with van der Waals surface area (Å²) in [6.45, 7) is 2.83. The number of methoxy groups -OCH3 is 1. The number of rotatable bonds is 5. The molecule has 0 aliphatic rings. The van der Waals surface area contributed by atoms with Crippen LogP contribution in [0.5, 0.6) is 11.5 Å². The lowest BCUT2D eigenvalue weighted by molar-refractivity contribution is 0.407. The smallest absolute Gasteiger partial charge is 0.265 e. The van der Waals surface area contributed by atoms with E-state index in [4.69, 9.17) is 4.74 Å². The number of phenolic OH excluding ortho intramolecular Hbond substituents is 1. The Bertz CT molecular complexity index is 1150. The Morgan fingerprint density at radius 1 is 1.22 bits per heavy atom. The summed E-state index contributed by atoms with van der Waals surface area (Å²) in [6, 6.07) is 13.0. The second-order valence-corrected chi connectivity index (χ2v) is 5.86. The summed E-state index contributed by atoms with van der Waals surface area (Å²) in [7, 11) is 1.54. The van der Waals surface area contributed by atoms with Crippen molar-refractivity contribution in [3.05, 3.63) is 48.0 Å². The summed E-state index contributed by atoms with van der Waals surface area (Å²) in [4.78, 5) is 4.55. The van der Waals surface area contributed by atoms with Crippen LogP contribution in [0.2, 0.25) is 0 Å². The van der Waals surface area contributed by atoms with Crippen molar-refractivity contribution in [3.63, 3.8) is 0 Å². The predicted octanol–water partition coefficient (Wildman–Crippen LogP) is 3.16. The minimum absolute atomic E-state index is 0.0699. The van der Waals surface area contributed by atoms with E-state index in [1.165, 1.54) is 12.3 Å². The van der Waals surface area contributed by atoms with E-state index < -0.39 is 0 Å².